The molecule has 0 aliphatic carbocycles. The molecule has 6 heteroatoms. The van der Waals surface area contributed by atoms with Gasteiger partial charge in [-0.15, -0.1) is 0 Å². The number of rotatable bonds is 4. The van der Waals surface area contributed by atoms with E-state index in [9.17, 15) is 8.42 Å². The van der Waals surface area contributed by atoms with Gasteiger partial charge in [0.15, 0.2) is 5.03 Å². The number of aromatic nitrogens is 1. The number of hydrogen-bond acceptors (Lipinski definition) is 4. The lowest BCUT2D eigenvalue weighted by atomic mass is 10.1. The molecule has 118 valence electrons. The first-order chi connectivity index (χ1) is 11.0. The Kier molecular flexibility index (Phi) is 3.92. The van der Waals surface area contributed by atoms with Crippen molar-refractivity contribution in [2.45, 2.75) is 18.9 Å². The minimum absolute atomic E-state index is 0.000279. The molecule has 0 saturated heterocycles. The van der Waals surface area contributed by atoms with E-state index in [1.54, 1.807) is 37.5 Å². The summed E-state index contributed by atoms with van der Waals surface area (Å²) in [5.74, 6) is 0.680. The molecule has 5 nitrogen and oxygen atoms in total. The van der Waals surface area contributed by atoms with E-state index in [1.807, 2.05) is 25.1 Å². The number of sulfonamides is 1. The third-order valence-corrected chi connectivity index (χ3v) is 4.69. The first kappa shape index (κ1) is 15.3. The van der Waals surface area contributed by atoms with Crippen molar-refractivity contribution in [2.24, 2.45) is 0 Å². The van der Waals surface area contributed by atoms with Crippen LogP contribution in [0.15, 0.2) is 64.2 Å². The van der Waals surface area contributed by atoms with Crippen molar-refractivity contribution < 1.29 is 12.8 Å². The number of nitrogens with one attached hydrogen (secondary N) is 1. The molecule has 0 unspecified atom stereocenters. The van der Waals surface area contributed by atoms with Crippen molar-refractivity contribution in [1.82, 2.24) is 4.98 Å². The van der Waals surface area contributed by atoms with Gasteiger partial charge in [0, 0.05) is 11.3 Å². The lowest BCUT2D eigenvalue weighted by Gasteiger charge is -2.11. The smallest absolute Gasteiger partial charge is 0.279 e. The fourth-order valence-corrected chi connectivity index (χ4v) is 3.33. The lowest BCUT2D eigenvalue weighted by molar-refractivity contribution is 0.582. The number of furan rings is 1. The van der Waals surface area contributed by atoms with Gasteiger partial charge < -0.3 is 4.42 Å². The molecule has 2 aromatic heterocycles. The van der Waals surface area contributed by atoms with E-state index in [4.69, 9.17) is 4.42 Å². The zero-order valence-corrected chi connectivity index (χ0v) is 13.6. The summed E-state index contributed by atoms with van der Waals surface area (Å²) < 4.78 is 33.0. The van der Waals surface area contributed by atoms with E-state index >= 15 is 0 Å². The van der Waals surface area contributed by atoms with Crippen molar-refractivity contribution in [3.05, 3.63) is 66.1 Å². The first-order valence-electron chi connectivity index (χ1n) is 7.07. The number of nitrogens with zero attached hydrogens (tertiary/aromatic N) is 1. The molecular formula is C17H16N2O3S. The van der Waals surface area contributed by atoms with Gasteiger partial charge in [0.05, 0.1) is 12.0 Å². The minimum atomic E-state index is -3.74. The van der Waals surface area contributed by atoms with Crippen LogP contribution in [0.25, 0.3) is 11.3 Å². The molecule has 2 heterocycles. The molecule has 23 heavy (non-hydrogen) atoms. The molecule has 0 saturated carbocycles. The normalized spacial score (nSPS) is 11.4. The second-order valence-electron chi connectivity index (χ2n) is 5.23. The Morgan fingerprint density at radius 1 is 1.04 bits per heavy atom. The maximum Gasteiger partial charge on any atom is 0.279 e. The standard InChI is InChI=1S/C17H16N2O3S/c1-12-8-9-14(16-6-4-10-22-16)11-15(12)19-23(20,21)17-7-3-5-13(2)18-17/h3-11,19H,1-2H3. The van der Waals surface area contributed by atoms with E-state index in [2.05, 4.69) is 9.71 Å². The summed E-state index contributed by atoms with van der Waals surface area (Å²) in [7, 11) is -3.74. The molecule has 0 aliphatic rings. The minimum Gasteiger partial charge on any atom is -0.464 e. The van der Waals surface area contributed by atoms with Gasteiger partial charge >= 0.3 is 0 Å². The van der Waals surface area contributed by atoms with E-state index in [1.165, 1.54) is 6.07 Å². The van der Waals surface area contributed by atoms with Crippen LogP contribution < -0.4 is 4.72 Å². The molecule has 0 amide bonds. The van der Waals surface area contributed by atoms with Gasteiger partial charge in [-0.2, -0.15) is 8.42 Å². The number of anilines is 1. The molecule has 3 rings (SSSR count). The van der Waals surface area contributed by atoms with E-state index in [0.717, 1.165) is 11.1 Å². The number of pyridine rings is 1. The molecule has 0 bridgehead atoms. The zero-order valence-electron chi connectivity index (χ0n) is 12.8. The van der Waals surface area contributed by atoms with Gasteiger partial charge in [0.2, 0.25) is 0 Å². The Bertz CT molecular complexity index is 932. The van der Waals surface area contributed by atoms with Gasteiger partial charge in [0.25, 0.3) is 10.0 Å². The van der Waals surface area contributed by atoms with Crippen LogP contribution in [0, 0.1) is 13.8 Å². The number of hydrogen-bond donors (Lipinski definition) is 1. The summed E-state index contributed by atoms with van der Waals surface area (Å²) in [5.41, 5.74) is 2.77. The quantitative estimate of drug-likeness (QED) is 0.791. The highest BCUT2D eigenvalue weighted by Crippen LogP contribution is 2.27. The third kappa shape index (κ3) is 3.27. The maximum absolute atomic E-state index is 12.5. The Balaban J connectivity index is 1.98. The van der Waals surface area contributed by atoms with Gasteiger partial charge in [-0.25, -0.2) is 4.98 Å². The molecule has 1 N–H and O–H groups in total. The van der Waals surface area contributed by atoms with Crippen LogP contribution in [0.3, 0.4) is 0 Å². The van der Waals surface area contributed by atoms with E-state index in [0.29, 0.717) is 17.1 Å². The van der Waals surface area contributed by atoms with Crippen LogP contribution in [-0.2, 0) is 10.0 Å². The van der Waals surface area contributed by atoms with Crippen LogP contribution in [-0.4, -0.2) is 13.4 Å². The predicted octanol–water partition coefficient (Wildman–Crippen LogP) is 3.76. The molecule has 0 radical (unpaired) electrons. The summed E-state index contributed by atoms with van der Waals surface area (Å²) >= 11 is 0. The first-order valence-corrected chi connectivity index (χ1v) is 8.55. The van der Waals surface area contributed by atoms with Gasteiger partial charge in [0.1, 0.15) is 5.76 Å². The Morgan fingerprint density at radius 3 is 2.57 bits per heavy atom. The largest absolute Gasteiger partial charge is 0.464 e. The highest BCUT2D eigenvalue weighted by Gasteiger charge is 2.17. The van der Waals surface area contributed by atoms with Crippen molar-refractivity contribution in [3.8, 4) is 11.3 Å². The van der Waals surface area contributed by atoms with E-state index in [-0.39, 0.29) is 5.03 Å². The van der Waals surface area contributed by atoms with Crippen LogP contribution >= 0.6 is 0 Å². The summed E-state index contributed by atoms with van der Waals surface area (Å²) in [6.45, 7) is 3.59. The number of benzene rings is 1. The van der Waals surface area contributed by atoms with Crippen molar-refractivity contribution >= 4 is 15.7 Å². The summed E-state index contributed by atoms with van der Waals surface area (Å²) in [6, 6.07) is 14.0. The number of aryl methyl sites for hydroxylation is 2. The summed E-state index contributed by atoms with van der Waals surface area (Å²) in [6.07, 6.45) is 1.58. The monoisotopic (exact) mass is 328 g/mol. The average molecular weight is 328 g/mol. The predicted molar refractivity (Wildman–Crippen MR) is 88.7 cm³/mol. The summed E-state index contributed by atoms with van der Waals surface area (Å²) in [5, 5.41) is 0.000279. The Hall–Kier alpha value is -2.60. The molecule has 0 atom stereocenters. The fourth-order valence-electron chi connectivity index (χ4n) is 2.19. The molecule has 1 aromatic carbocycles. The zero-order chi connectivity index (χ0) is 16.4. The highest BCUT2D eigenvalue weighted by atomic mass is 32.2. The van der Waals surface area contributed by atoms with Crippen LogP contribution in [0.2, 0.25) is 0 Å². The molecule has 0 fully saturated rings. The lowest BCUT2D eigenvalue weighted by Crippen LogP contribution is -2.15. The average Bonchev–Trinajstić information content (AvgIpc) is 3.04. The van der Waals surface area contributed by atoms with Gasteiger partial charge in [-0.3, -0.25) is 4.72 Å². The topological polar surface area (TPSA) is 72.2 Å². The molecule has 0 aliphatic heterocycles. The maximum atomic E-state index is 12.5. The highest BCUT2D eigenvalue weighted by molar-refractivity contribution is 7.92. The molecular weight excluding hydrogens is 312 g/mol. The van der Waals surface area contributed by atoms with Crippen molar-refractivity contribution in [1.29, 1.82) is 0 Å². The van der Waals surface area contributed by atoms with Crippen molar-refractivity contribution in [2.75, 3.05) is 4.72 Å². The second-order valence-corrected chi connectivity index (χ2v) is 6.86. The van der Waals surface area contributed by atoms with Crippen LogP contribution in [0.1, 0.15) is 11.3 Å². The van der Waals surface area contributed by atoms with E-state index < -0.39 is 10.0 Å². The van der Waals surface area contributed by atoms with Gasteiger partial charge in [-0.05, 0) is 49.7 Å². The van der Waals surface area contributed by atoms with Crippen LogP contribution in [0.5, 0.6) is 0 Å². The van der Waals surface area contributed by atoms with Crippen LogP contribution in [0.4, 0.5) is 5.69 Å². The van der Waals surface area contributed by atoms with Crippen molar-refractivity contribution in [3.63, 3.8) is 0 Å². The third-order valence-electron chi connectivity index (χ3n) is 3.43. The summed E-state index contributed by atoms with van der Waals surface area (Å²) in [4.78, 5) is 4.07. The molecule has 3 aromatic rings. The Labute approximate surface area is 135 Å². The fraction of sp³-hybridized carbons (Fsp3) is 0.118. The Morgan fingerprint density at radius 2 is 1.87 bits per heavy atom. The second kappa shape index (κ2) is 5.89. The van der Waals surface area contributed by atoms with Gasteiger partial charge in [-0.1, -0.05) is 18.2 Å². The SMILES string of the molecule is Cc1cccc(S(=O)(=O)Nc2cc(-c3ccco3)ccc2C)n1. The molecule has 0 spiro atoms.